The van der Waals surface area contributed by atoms with Crippen LogP contribution < -0.4 is 5.32 Å². The Morgan fingerprint density at radius 3 is 2.09 bits per heavy atom. The number of benzene rings is 2. The highest BCUT2D eigenvalue weighted by molar-refractivity contribution is 6.11. The van der Waals surface area contributed by atoms with Crippen molar-refractivity contribution in [2.75, 3.05) is 5.32 Å². The molecule has 0 aliphatic rings. The Kier molecular flexibility index (Phi) is 4.38. The predicted octanol–water partition coefficient (Wildman–Crippen LogP) is 2.21. The van der Waals surface area contributed by atoms with E-state index in [0.717, 1.165) is 18.2 Å². The fourth-order valence-corrected chi connectivity index (χ4v) is 1.88. The highest BCUT2D eigenvalue weighted by Gasteiger charge is 2.19. The monoisotopic (exact) mass is 310 g/mol. The Hall–Kier alpha value is -3.66. The first kappa shape index (κ1) is 15.7. The molecule has 2 aromatic carbocycles. The summed E-state index contributed by atoms with van der Waals surface area (Å²) in [6.07, 6.45) is 0. The molecule has 2 rings (SSSR count). The van der Waals surface area contributed by atoms with E-state index in [1.54, 1.807) is 0 Å². The first-order valence-electron chi connectivity index (χ1n) is 6.34. The van der Waals surface area contributed by atoms with Crippen LogP contribution in [0.2, 0.25) is 0 Å². The number of carboxylic acids is 2. The molecular formula is C16H10N2O5. The molecule has 2 aromatic rings. The minimum atomic E-state index is -1.34. The molecule has 3 N–H and O–H groups in total. The standard InChI is InChI=1S/C16H10N2O5/c17-8-9-1-4-11(5-2-9)18-14(19)13-7-10(15(20)21)3-6-12(13)16(22)23/h1-7H,(H,18,19)(H,20,21)(H,22,23). The van der Waals surface area contributed by atoms with E-state index in [2.05, 4.69) is 5.32 Å². The van der Waals surface area contributed by atoms with E-state index >= 15 is 0 Å². The van der Waals surface area contributed by atoms with Crippen molar-refractivity contribution in [2.45, 2.75) is 0 Å². The number of anilines is 1. The number of carbonyl (C=O) groups is 3. The van der Waals surface area contributed by atoms with Crippen LogP contribution in [0.5, 0.6) is 0 Å². The van der Waals surface area contributed by atoms with Crippen LogP contribution in [0.25, 0.3) is 0 Å². The Morgan fingerprint density at radius 2 is 1.57 bits per heavy atom. The lowest BCUT2D eigenvalue weighted by Crippen LogP contribution is -2.17. The highest BCUT2D eigenvalue weighted by atomic mass is 16.4. The fraction of sp³-hybridized carbons (Fsp3) is 0. The second-order valence-electron chi connectivity index (χ2n) is 4.51. The molecule has 0 saturated heterocycles. The van der Waals surface area contributed by atoms with Gasteiger partial charge in [0, 0.05) is 5.69 Å². The smallest absolute Gasteiger partial charge is 0.336 e. The van der Waals surface area contributed by atoms with Gasteiger partial charge in [-0.05, 0) is 42.5 Å². The lowest BCUT2D eigenvalue weighted by atomic mass is 10.0. The van der Waals surface area contributed by atoms with Crippen molar-refractivity contribution in [3.05, 3.63) is 64.7 Å². The van der Waals surface area contributed by atoms with Gasteiger partial charge < -0.3 is 15.5 Å². The summed E-state index contributed by atoms with van der Waals surface area (Å²) in [6, 6.07) is 11.1. The van der Waals surface area contributed by atoms with Crippen molar-refractivity contribution in [2.24, 2.45) is 0 Å². The van der Waals surface area contributed by atoms with Gasteiger partial charge in [0.25, 0.3) is 5.91 Å². The van der Waals surface area contributed by atoms with Crippen molar-refractivity contribution in [3.63, 3.8) is 0 Å². The van der Waals surface area contributed by atoms with E-state index in [1.165, 1.54) is 24.3 Å². The molecule has 0 bridgehead atoms. The van der Waals surface area contributed by atoms with E-state index in [0.29, 0.717) is 11.3 Å². The van der Waals surface area contributed by atoms with Crippen LogP contribution >= 0.6 is 0 Å². The largest absolute Gasteiger partial charge is 0.478 e. The Balaban J connectivity index is 2.36. The van der Waals surface area contributed by atoms with Crippen molar-refractivity contribution >= 4 is 23.5 Å². The summed E-state index contributed by atoms with van der Waals surface area (Å²) in [5.41, 5.74) is -0.00366. The van der Waals surface area contributed by atoms with Gasteiger partial charge in [0.2, 0.25) is 0 Å². The molecule has 114 valence electrons. The number of nitrogens with one attached hydrogen (secondary N) is 1. The summed E-state index contributed by atoms with van der Waals surface area (Å²) < 4.78 is 0. The highest BCUT2D eigenvalue weighted by Crippen LogP contribution is 2.16. The molecule has 0 unspecified atom stereocenters. The molecule has 7 heteroatoms. The lowest BCUT2D eigenvalue weighted by molar-refractivity contribution is 0.0679. The SMILES string of the molecule is N#Cc1ccc(NC(=O)c2cc(C(=O)O)ccc2C(=O)O)cc1. The van der Waals surface area contributed by atoms with Crippen LogP contribution in [-0.2, 0) is 0 Å². The van der Waals surface area contributed by atoms with Crippen LogP contribution in [0.1, 0.15) is 36.6 Å². The summed E-state index contributed by atoms with van der Waals surface area (Å²) in [5, 5.41) is 29.2. The number of hydrogen-bond acceptors (Lipinski definition) is 4. The molecule has 0 saturated carbocycles. The first-order chi connectivity index (χ1) is 10.9. The van der Waals surface area contributed by atoms with Gasteiger partial charge in [-0.25, -0.2) is 9.59 Å². The molecule has 0 aliphatic carbocycles. The van der Waals surface area contributed by atoms with Gasteiger partial charge in [-0.3, -0.25) is 4.79 Å². The Labute approximate surface area is 130 Å². The number of hydrogen-bond donors (Lipinski definition) is 3. The average molecular weight is 310 g/mol. The summed E-state index contributed by atoms with van der Waals surface area (Å²) in [5.74, 6) is -3.36. The third-order valence-electron chi connectivity index (χ3n) is 3.01. The van der Waals surface area contributed by atoms with E-state index < -0.39 is 17.8 Å². The van der Waals surface area contributed by atoms with E-state index in [-0.39, 0.29) is 16.7 Å². The molecule has 0 aromatic heterocycles. The zero-order chi connectivity index (χ0) is 17.0. The molecule has 7 nitrogen and oxygen atoms in total. The zero-order valence-corrected chi connectivity index (χ0v) is 11.6. The molecule has 0 spiro atoms. The van der Waals surface area contributed by atoms with Gasteiger partial charge in [-0.15, -0.1) is 0 Å². The maximum atomic E-state index is 12.2. The van der Waals surface area contributed by atoms with Crippen LogP contribution in [0.4, 0.5) is 5.69 Å². The predicted molar refractivity (Wildman–Crippen MR) is 79.5 cm³/mol. The summed E-state index contributed by atoms with van der Waals surface area (Å²) in [7, 11) is 0. The zero-order valence-electron chi connectivity index (χ0n) is 11.6. The summed E-state index contributed by atoms with van der Waals surface area (Å²) in [6.45, 7) is 0. The third-order valence-corrected chi connectivity index (χ3v) is 3.01. The summed E-state index contributed by atoms with van der Waals surface area (Å²) >= 11 is 0. The van der Waals surface area contributed by atoms with Crippen LogP contribution in [0.3, 0.4) is 0 Å². The minimum Gasteiger partial charge on any atom is -0.478 e. The van der Waals surface area contributed by atoms with Crippen molar-refractivity contribution < 1.29 is 24.6 Å². The van der Waals surface area contributed by atoms with Gasteiger partial charge in [0.05, 0.1) is 28.3 Å². The van der Waals surface area contributed by atoms with Gasteiger partial charge >= 0.3 is 11.9 Å². The normalized spacial score (nSPS) is 9.70. The molecule has 1 amide bonds. The molecular weight excluding hydrogens is 300 g/mol. The van der Waals surface area contributed by atoms with Crippen LogP contribution in [0.15, 0.2) is 42.5 Å². The van der Waals surface area contributed by atoms with Gasteiger partial charge in [0.15, 0.2) is 0 Å². The summed E-state index contributed by atoms with van der Waals surface area (Å²) in [4.78, 5) is 34.4. The second kappa shape index (κ2) is 6.41. The van der Waals surface area contributed by atoms with E-state index in [1.807, 2.05) is 6.07 Å². The number of amides is 1. The van der Waals surface area contributed by atoms with Crippen molar-refractivity contribution in [1.82, 2.24) is 0 Å². The van der Waals surface area contributed by atoms with Crippen LogP contribution in [-0.4, -0.2) is 28.1 Å². The maximum absolute atomic E-state index is 12.2. The number of nitriles is 1. The second-order valence-corrected chi connectivity index (χ2v) is 4.51. The Bertz CT molecular complexity index is 835. The van der Waals surface area contributed by atoms with Crippen molar-refractivity contribution in [1.29, 1.82) is 5.26 Å². The number of rotatable bonds is 4. The van der Waals surface area contributed by atoms with Crippen molar-refractivity contribution in [3.8, 4) is 6.07 Å². The quantitative estimate of drug-likeness (QED) is 0.794. The average Bonchev–Trinajstić information content (AvgIpc) is 2.54. The van der Waals surface area contributed by atoms with Crippen LogP contribution in [0, 0.1) is 11.3 Å². The van der Waals surface area contributed by atoms with E-state index in [4.69, 9.17) is 15.5 Å². The van der Waals surface area contributed by atoms with E-state index in [9.17, 15) is 14.4 Å². The van der Waals surface area contributed by atoms with Gasteiger partial charge in [-0.2, -0.15) is 5.26 Å². The molecule has 0 fully saturated rings. The molecule has 0 heterocycles. The molecule has 0 aliphatic heterocycles. The molecule has 0 atom stereocenters. The number of carboxylic acid groups (broad SMARTS) is 2. The van der Waals surface area contributed by atoms with Gasteiger partial charge in [0.1, 0.15) is 0 Å². The third kappa shape index (κ3) is 3.51. The number of carbonyl (C=O) groups excluding carboxylic acids is 1. The topological polar surface area (TPSA) is 127 Å². The fourth-order valence-electron chi connectivity index (χ4n) is 1.88. The molecule has 23 heavy (non-hydrogen) atoms. The molecule has 0 radical (unpaired) electrons. The number of aromatic carboxylic acids is 2. The van der Waals surface area contributed by atoms with Gasteiger partial charge in [-0.1, -0.05) is 0 Å². The minimum absolute atomic E-state index is 0.194. The lowest BCUT2D eigenvalue weighted by Gasteiger charge is -2.09. The maximum Gasteiger partial charge on any atom is 0.336 e. The number of nitrogens with zero attached hydrogens (tertiary/aromatic N) is 1. The Morgan fingerprint density at radius 1 is 0.913 bits per heavy atom. The first-order valence-corrected chi connectivity index (χ1v) is 6.34.